The van der Waals surface area contributed by atoms with Crippen molar-refractivity contribution >= 4 is 10.9 Å². The number of benzene rings is 1. The molecule has 2 heteroatoms. The van der Waals surface area contributed by atoms with E-state index in [1.54, 1.807) is 0 Å². The van der Waals surface area contributed by atoms with E-state index < -0.39 is 0 Å². The maximum Gasteiger partial charge on any atom is 0.0476 e. The maximum atomic E-state index is 3.71. The highest BCUT2D eigenvalue weighted by atomic mass is 15.0. The van der Waals surface area contributed by atoms with Gasteiger partial charge in [0.1, 0.15) is 0 Å². The lowest BCUT2D eigenvalue weighted by molar-refractivity contribution is 0.457. The Labute approximate surface area is 195 Å². The molecule has 32 heavy (non-hydrogen) atoms. The van der Waals surface area contributed by atoms with E-state index in [0.29, 0.717) is 6.04 Å². The van der Waals surface area contributed by atoms with Gasteiger partial charge in [-0.1, -0.05) is 86.6 Å². The molecule has 2 aromatic rings. The van der Waals surface area contributed by atoms with Crippen LogP contribution in [0.3, 0.4) is 0 Å². The third-order valence-electron chi connectivity index (χ3n) is 6.28. The molecule has 1 atom stereocenters. The quantitative estimate of drug-likeness (QED) is 0.228. The maximum absolute atomic E-state index is 3.71. The molecule has 0 aliphatic carbocycles. The van der Waals surface area contributed by atoms with Crippen LogP contribution in [0, 0.1) is 0 Å². The van der Waals surface area contributed by atoms with Crippen molar-refractivity contribution in [2.75, 3.05) is 6.54 Å². The third kappa shape index (κ3) is 7.98. The number of hydrogen-bond donors (Lipinski definition) is 2. The van der Waals surface area contributed by atoms with Gasteiger partial charge in [-0.2, -0.15) is 0 Å². The number of fused-ring (bicyclic) bond motifs is 3. The van der Waals surface area contributed by atoms with Crippen molar-refractivity contribution in [2.24, 2.45) is 0 Å². The number of para-hydroxylation sites is 1. The second kappa shape index (κ2) is 14.7. The van der Waals surface area contributed by atoms with Gasteiger partial charge in [0.25, 0.3) is 0 Å². The molecular formula is C30H42N2. The summed E-state index contributed by atoms with van der Waals surface area (Å²) >= 11 is 0. The molecule has 0 amide bonds. The molecule has 0 saturated carbocycles. The first-order valence-electron chi connectivity index (χ1n) is 12.8. The molecule has 0 saturated heterocycles. The first-order valence-corrected chi connectivity index (χ1v) is 12.8. The van der Waals surface area contributed by atoms with Crippen LogP contribution >= 0.6 is 0 Å². The summed E-state index contributed by atoms with van der Waals surface area (Å²) in [5.74, 6) is 0. The Balaban J connectivity index is 1.26. The van der Waals surface area contributed by atoms with Crippen LogP contribution < -0.4 is 5.32 Å². The summed E-state index contributed by atoms with van der Waals surface area (Å²) in [5.41, 5.74) is 4.23. The molecule has 1 aliphatic heterocycles. The predicted molar refractivity (Wildman–Crippen MR) is 141 cm³/mol. The zero-order valence-electron chi connectivity index (χ0n) is 20.0. The van der Waals surface area contributed by atoms with E-state index in [0.717, 1.165) is 38.6 Å². The van der Waals surface area contributed by atoms with Crippen LogP contribution in [0.15, 0.2) is 72.9 Å². The topological polar surface area (TPSA) is 27.8 Å². The summed E-state index contributed by atoms with van der Waals surface area (Å²) in [6.07, 6.45) is 31.4. The Hall–Kier alpha value is -2.32. The van der Waals surface area contributed by atoms with Gasteiger partial charge in [-0.05, 0) is 76.0 Å². The number of H-pyrrole nitrogens is 1. The standard InChI is InChI=1S/C30H42N2/c1-2-3-4-5-6-7-8-9-10-11-12-13-14-15-16-17-18-23-29-30-27(24-25-31-29)26-21-19-20-22-28(26)32-30/h6-7,9-10,12-13,15-16,19-22,29,31-32H,2-5,8,11,14,17-18,23-25H2,1H3/b7-6-,10-9-,13-12-,16-15-/t29-/m1/s1. The molecule has 1 aliphatic rings. The van der Waals surface area contributed by atoms with Gasteiger partial charge in [-0.25, -0.2) is 0 Å². The van der Waals surface area contributed by atoms with E-state index in [-0.39, 0.29) is 0 Å². The Bertz CT molecular complexity index is 897. The van der Waals surface area contributed by atoms with Crippen molar-refractivity contribution in [3.05, 3.63) is 84.1 Å². The van der Waals surface area contributed by atoms with Crippen LogP contribution in [-0.4, -0.2) is 11.5 Å². The fourth-order valence-corrected chi connectivity index (χ4v) is 4.51. The summed E-state index contributed by atoms with van der Waals surface area (Å²) in [5, 5.41) is 5.13. The fourth-order valence-electron chi connectivity index (χ4n) is 4.51. The second-order valence-corrected chi connectivity index (χ2v) is 8.84. The van der Waals surface area contributed by atoms with Crippen LogP contribution in [0.4, 0.5) is 0 Å². The first-order chi connectivity index (χ1) is 15.9. The van der Waals surface area contributed by atoms with Gasteiger partial charge in [0.05, 0.1) is 0 Å². The molecule has 2 nitrogen and oxygen atoms in total. The van der Waals surface area contributed by atoms with E-state index >= 15 is 0 Å². The van der Waals surface area contributed by atoms with Gasteiger partial charge in [0.2, 0.25) is 0 Å². The lowest BCUT2D eigenvalue weighted by atomic mass is 9.96. The van der Waals surface area contributed by atoms with Crippen LogP contribution in [0.5, 0.6) is 0 Å². The van der Waals surface area contributed by atoms with Crippen LogP contribution in [0.1, 0.15) is 88.4 Å². The first kappa shape index (κ1) is 24.3. The molecule has 1 aromatic heterocycles. The van der Waals surface area contributed by atoms with Gasteiger partial charge < -0.3 is 10.3 Å². The number of aromatic amines is 1. The van der Waals surface area contributed by atoms with Gasteiger partial charge >= 0.3 is 0 Å². The number of aromatic nitrogens is 1. The van der Waals surface area contributed by atoms with E-state index in [2.05, 4.69) is 90.1 Å². The van der Waals surface area contributed by atoms with Crippen molar-refractivity contribution in [3.63, 3.8) is 0 Å². The van der Waals surface area contributed by atoms with Crippen molar-refractivity contribution in [1.29, 1.82) is 0 Å². The molecule has 2 N–H and O–H groups in total. The molecule has 0 unspecified atom stereocenters. The molecule has 0 spiro atoms. The average Bonchev–Trinajstić information content (AvgIpc) is 3.20. The second-order valence-electron chi connectivity index (χ2n) is 8.84. The van der Waals surface area contributed by atoms with Gasteiger partial charge in [0, 0.05) is 22.6 Å². The Morgan fingerprint density at radius 2 is 1.47 bits per heavy atom. The van der Waals surface area contributed by atoms with Crippen molar-refractivity contribution in [3.8, 4) is 0 Å². The summed E-state index contributed by atoms with van der Waals surface area (Å²) in [6, 6.07) is 9.19. The summed E-state index contributed by atoms with van der Waals surface area (Å²) < 4.78 is 0. The smallest absolute Gasteiger partial charge is 0.0476 e. The Kier molecular flexibility index (Phi) is 11.2. The lowest BCUT2D eigenvalue weighted by Crippen LogP contribution is -2.29. The molecule has 172 valence electrons. The molecular weight excluding hydrogens is 388 g/mol. The largest absolute Gasteiger partial charge is 0.357 e. The van der Waals surface area contributed by atoms with E-state index in [1.165, 1.54) is 60.7 Å². The van der Waals surface area contributed by atoms with Crippen LogP contribution in [0.25, 0.3) is 10.9 Å². The highest BCUT2D eigenvalue weighted by molar-refractivity contribution is 5.85. The minimum Gasteiger partial charge on any atom is -0.357 e. The molecule has 0 bridgehead atoms. The van der Waals surface area contributed by atoms with Crippen LogP contribution in [0.2, 0.25) is 0 Å². The highest BCUT2D eigenvalue weighted by Crippen LogP contribution is 2.32. The zero-order chi connectivity index (χ0) is 22.3. The number of rotatable bonds is 14. The average molecular weight is 431 g/mol. The molecule has 3 rings (SSSR count). The number of unbranched alkanes of at least 4 members (excludes halogenated alkanes) is 4. The monoisotopic (exact) mass is 430 g/mol. The fraction of sp³-hybridized carbons (Fsp3) is 0.467. The minimum atomic E-state index is 0.470. The SMILES string of the molecule is CCCCC/C=C\C/C=C\C/C=C\C/C=C\CCC[C@H]1NCCc2c1[nH]c1ccccc21. The summed E-state index contributed by atoms with van der Waals surface area (Å²) in [4.78, 5) is 3.67. The van der Waals surface area contributed by atoms with Gasteiger partial charge in [-0.15, -0.1) is 0 Å². The van der Waals surface area contributed by atoms with Crippen molar-refractivity contribution < 1.29 is 0 Å². The predicted octanol–water partition coefficient (Wildman–Crippen LogP) is 8.50. The molecule has 2 heterocycles. The summed E-state index contributed by atoms with van der Waals surface area (Å²) in [6.45, 7) is 3.34. The molecule has 0 radical (unpaired) electrons. The number of hydrogen-bond acceptors (Lipinski definition) is 1. The van der Waals surface area contributed by atoms with E-state index in [1.807, 2.05) is 0 Å². The van der Waals surface area contributed by atoms with Crippen molar-refractivity contribution in [1.82, 2.24) is 10.3 Å². The third-order valence-corrected chi connectivity index (χ3v) is 6.28. The van der Waals surface area contributed by atoms with Gasteiger partial charge in [0.15, 0.2) is 0 Å². The minimum absolute atomic E-state index is 0.470. The zero-order valence-corrected chi connectivity index (χ0v) is 20.0. The number of nitrogens with one attached hydrogen (secondary N) is 2. The van der Waals surface area contributed by atoms with Gasteiger partial charge in [-0.3, -0.25) is 0 Å². The molecule has 0 fully saturated rings. The Morgan fingerprint density at radius 3 is 2.19 bits per heavy atom. The van der Waals surface area contributed by atoms with E-state index in [4.69, 9.17) is 0 Å². The lowest BCUT2D eigenvalue weighted by Gasteiger charge is -2.24. The van der Waals surface area contributed by atoms with Crippen molar-refractivity contribution in [2.45, 2.75) is 83.6 Å². The molecule has 1 aromatic carbocycles. The normalized spacial score (nSPS) is 17.0. The highest BCUT2D eigenvalue weighted by Gasteiger charge is 2.22. The van der Waals surface area contributed by atoms with E-state index in [9.17, 15) is 0 Å². The van der Waals surface area contributed by atoms with Crippen LogP contribution in [-0.2, 0) is 6.42 Å². The summed E-state index contributed by atoms with van der Waals surface area (Å²) in [7, 11) is 0. The Morgan fingerprint density at radius 1 is 0.812 bits per heavy atom. The number of allylic oxidation sites excluding steroid dienone is 8.